The Morgan fingerprint density at radius 3 is 3.04 bits per heavy atom. The van der Waals surface area contributed by atoms with Gasteiger partial charge in [-0.05, 0) is 41.4 Å². The molecule has 1 aromatic carbocycles. The molecule has 1 aliphatic rings. The molecule has 0 fully saturated rings. The summed E-state index contributed by atoms with van der Waals surface area (Å²) in [6.45, 7) is 3.74. The summed E-state index contributed by atoms with van der Waals surface area (Å²) in [4.78, 5) is 4.55. The fourth-order valence-electron chi connectivity index (χ4n) is 3.14. The van der Waals surface area contributed by atoms with Gasteiger partial charge in [0.15, 0.2) is 0 Å². The zero-order valence-electron chi connectivity index (χ0n) is 13.5. The predicted molar refractivity (Wildman–Crippen MR) is 95.0 cm³/mol. The zero-order chi connectivity index (χ0) is 16.5. The smallest absolute Gasteiger partial charge is 0.109 e. The predicted octanol–water partition coefficient (Wildman–Crippen LogP) is 2.64. The van der Waals surface area contributed by atoms with Crippen LogP contribution in [0.3, 0.4) is 0 Å². The van der Waals surface area contributed by atoms with Crippen molar-refractivity contribution < 1.29 is 0 Å². The molecule has 3 aromatic rings. The second-order valence-electron chi connectivity index (χ2n) is 6.17. The van der Waals surface area contributed by atoms with Gasteiger partial charge in [-0.15, -0.1) is 5.10 Å². The number of aryl methyl sites for hydroxylation is 2. The second-order valence-corrected chi connectivity index (χ2v) is 7.03. The van der Waals surface area contributed by atoms with Gasteiger partial charge in [-0.2, -0.15) is 0 Å². The van der Waals surface area contributed by atoms with Gasteiger partial charge < -0.3 is 9.88 Å². The van der Waals surface area contributed by atoms with Crippen molar-refractivity contribution in [2.45, 2.75) is 38.9 Å². The quantitative estimate of drug-likeness (QED) is 0.748. The molecule has 0 saturated carbocycles. The minimum Gasteiger partial charge on any atom is -0.333 e. The minimum absolute atomic E-state index is 0.444. The number of hydrogen-bond donors (Lipinski definition) is 1. The van der Waals surface area contributed by atoms with Crippen molar-refractivity contribution in [1.82, 2.24) is 29.9 Å². The highest BCUT2D eigenvalue weighted by Crippen LogP contribution is 2.19. The van der Waals surface area contributed by atoms with Gasteiger partial charge in [0.05, 0.1) is 23.3 Å². The monoisotopic (exact) mass is 386 g/mol. The Morgan fingerprint density at radius 2 is 2.17 bits per heavy atom. The highest BCUT2D eigenvalue weighted by molar-refractivity contribution is 9.10. The zero-order valence-corrected chi connectivity index (χ0v) is 15.1. The fourth-order valence-corrected chi connectivity index (χ4v) is 3.60. The van der Waals surface area contributed by atoms with Crippen LogP contribution in [0.25, 0.3) is 5.69 Å². The van der Waals surface area contributed by atoms with Crippen LogP contribution in [0.15, 0.2) is 41.1 Å². The summed E-state index contributed by atoms with van der Waals surface area (Å²) in [5, 5.41) is 12.1. The van der Waals surface area contributed by atoms with E-state index >= 15 is 0 Å². The van der Waals surface area contributed by atoms with E-state index < -0.39 is 0 Å². The average Bonchev–Trinajstić information content (AvgIpc) is 3.18. The lowest BCUT2D eigenvalue weighted by atomic mass is 10.1. The highest BCUT2D eigenvalue weighted by Gasteiger charge is 2.19. The Morgan fingerprint density at radius 1 is 1.29 bits per heavy atom. The molecular weight excluding hydrogens is 368 g/mol. The lowest BCUT2D eigenvalue weighted by molar-refractivity contribution is 0.377. The highest BCUT2D eigenvalue weighted by atomic mass is 79.9. The number of nitrogens with zero attached hydrogens (tertiary/aromatic N) is 5. The third-order valence-electron chi connectivity index (χ3n) is 4.33. The molecular formula is C17H19BrN6. The summed E-state index contributed by atoms with van der Waals surface area (Å²) >= 11 is 3.55. The third-order valence-corrected chi connectivity index (χ3v) is 5.00. The molecule has 2 aromatic heterocycles. The average molecular weight is 387 g/mol. The van der Waals surface area contributed by atoms with Gasteiger partial charge in [0, 0.05) is 36.2 Å². The lowest BCUT2D eigenvalue weighted by Crippen LogP contribution is -2.36. The number of nitrogens with one attached hydrogen (secondary N) is 1. The molecule has 6 nitrogen and oxygen atoms in total. The van der Waals surface area contributed by atoms with Gasteiger partial charge in [-0.3, -0.25) is 0 Å². The Bertz CT molecular complexity index is 852. The van der Waals surface area contributed by atoms with Crippen LogP contribution in [0.2, 0.25) is 0 Å². The molecule has 0 spiro atoms. The molecule has 4 rings (SSSR count). The molecule has 0 amide bonds. The Hall–Kier alpha value is -1.99. The van der Waals surface area contributed by atoms with Crippen molar-refractivity contribution in [2.24, 2.45) is 0 Å². The summed E-state index contributed by atoms with van der Waals surface area (Å²) in [5.74, 6) is 1.20. The van der Waals surface area contributed by atoms with Crippen molar-refractivity contribution in [3.05, 3.63) is 58.3 Å². The molecule has 0 radical (unpaired) electrons. The van der Waals surface area contributed by atoms with E-state index in [2.05, 4.69) is 47.3 Å². The van der Waals surface area contributed by atoms with Crippen LogP contribution in [-0.2, 0) is 19.5 Å². The number of imidazole rings is 1. The molecule has 1 unspecified atom stereocenters. The van der Waals surface area contributed by atoms with E-state index in [0.717, 1.165) is 47.5 Å². The van der Waals surface area contributed by atoms with Crippen molar-refractivity contribution in [3.8, 4) is 5.69 Å². The van der Waals surface area contributed by atoms with Crippen molar-refractivity contribution in [2.75, 3.05) is 0 Å². The number of hydrogen-bond acceptors (Lipinski definition) is 4. The Kier molecular flexibility index (Phi) is 4.20. The number of rotatable bonds is 4. The van der Waals surface area contributed by atoms with Gasteiger partial charge in [0.2, 0.25) is 0 Å². The Balaban J connectivity index is 1.40. The van der Waals surface area contributed by atoms with Gasteiger partial charge in [0.1, 0.15) is 5.82 Å². The van der Waals surface area contributed by atoms with E-state index in [1.165, 1.54) is 5.82 Å². The second kappa shape index (κ2) is 6.49. The number of para-hydroxylation sites is 1. The maximum absolute atomic E-state index is 4.55. The lowest BCUT2D eigenvalue weighted by Gasteiger charge is -2.24. The van der Waals surface area contributed by atoms with E-state index in [-0.39, 0.29) is 0 Å². The van der Waals surface area contributed by atoms with Crippen LogP contribution in [0.4, 0.5) is 0 Å². The van der Waals surface area contributed by atoms with Crippen molar-refractivity contribution >= 4 is 15.9 Å². The third kappa shape index (κ3) is 3.14. The first kappa shape index (κ1) is 15.5. The molecule has 3 heterocycles. The first-order chi connectivity index (χ1) is 11.7. The molecule has 1 atom stereocenters. The molecule has 1 N–H and O–H groups in total. The van der Waals surface area contributed by atoms with Crippen molar-refractivity contribution in [1.29, 1.82) is 0 Å². The van der Waals surface area contributed by atoms with E-state index in [1.54, 1.807) is 4.68 Å². The minimum atomic E-state index is 0.444. The normalized spacial score (nSPS) is 17.0. The summed E-state index contributed by atoms with van der Waals surface area (Å²) < 4.78 is 5.07. The molecule has 0 saturated heterocycles. The van der Waals surface area contributed by atoms with E-state index in [4.69, 9.17) is 0 Å². The SMILES string of the molecule is Cc1cn2c(n1)CCC(NCc1cn(-c3ccccc3Br)nn1)C2. The molecule has 7 heteroatoms. The van der Waals surface area contributed by atoms with Crippen molar-refractivity contribution in [3.63, 3.8) is 0 Å². The molecule has 124 valence electrons. The number of aromatic nitrogens is 5. The number of halogens is 1. The topological polar surface area (TPSA) is 60.6 Å². The molecule has 1 aliphatic heterocycles. The van der Waals surface area contributed by atoms with Gasteiger partial charge in [0.25, 0.3) is 0 Å². The first-order valence-electron chi connectivity index (χ1n) is 8.11. The summed E-state index contributed by atoms with van der Waals surface area (Å²) in [7, 11) is 0. The summed E-state index contributed by atoms with van der Waals surface area (Å²) in [5.41, 5.74) is 3.04. The molecule has 0 bridgehead atoms. The van der Waals surface area contributed by atoms with Crippen LogP contribution in [0, 0.1) is 6.92 Å². The van der Waals surface area contributed by atoms with Crippen LogP contribution >= 0.6 is 15.9 Å². The number of fused-ring (bicyclic) bond motifs is 1. The van der Waals surface area contributed by atoms with Crippen LogP contribution < -0.4 is 5.32 Å². The first-order valence-corrected chi connectivity index (χ1v) is 8.90. The van der Waals surface area contributed by atoms with E-state index in [0.29, 0.717) is 6.04 Å². The van der Waals surface area contributed by atoms with Crippen LogP contribution in [0.5, 0.6) is 0 Å². The largest absolute Gasteiger partial charge is 0.333 e. The maximum Gasteiger partial charge on any atom is 0.109 e. The van der Waals surface area contributed by atoms with E-state index in [9.17, 15) is 0 Å². The molecule has 0 aliphatic carbocycles. The Labute approximate surface area is 149 Å². The van der Waals surface area contributed by atoms with E-state index in [1.807, 2.05) is 37.4 Å². The fraction of sp³-hybridized carbons (Fsp3) is 0.353. The van der Waals surface area contributed by atoms with Gasteiger partial charge in [-0.1, -0.05) is 17.3 Å². The summed E-state index contributed by atoms with van der Waals surface area (Å²) in [6, 6.07) is 8.44. The van der Waals surface area contributed by atoms with Crippen LogP contribution in [-0.4, -0.2) is 30.6 Å². The maximum atomic E-state index is 4.55. The van der Waals surface area contributed by atoms with Gasteiger partial charge >= 0.3 is 0 Å². The van der Waals surface area contributed by atoms with Gasteiger partial charge in [-0.25, -0.2) is 9.67 Å². The summed E-state index contributed by atoms with van der Waals surface area (Å²) in [6.07, 6.45) is 6.24. The van der Waals surface area contributed by atoms with Crippen LogP contribution in [0.1, 0.15) is 23.6 Å². The molecule has 24 heavy (non-hydrogen) atoms. The standard InChI is InChI=1S/C17H19BrN6/c1-12-9-23-10-13(6-7-17(23)20-12)19-8-14-11-24(22-21-14)16-5-3-2-4-15(16)18/h2-5,9,11,13,19H,6-8,10H2,1H3. The number of benzene rings is 1.